The van der Waals surface area contributed by atoms with Crippen LogP contribution in [0.4, 0.5) is 0 Å². The molecule has 0 saturated carbocycles. The summed E-state index contributed by atoms with van der Waals surface area (Å²) in [4.78, 5) is 14.2. The SMILES string of the molecule is O=C(c1cc(I)ccc1Br)N1CCCC(Cl)C1. The van der Waals surface area contributed by atoms with Crippen LogP contribution < -0.4 is 0 Å². The molecule has 1 aromatic rings. The predicted molar refractivity (Wildman–Crippen MR) is 81.6 cm³/mol. The van der Waals surface area contributed by atoms with Crippen LogP contribution in [-0.4, -0.2) is 29.3 Å². The van der Waals surface area contributed by atoms with E-state index in [-0.39, 0.29) is 11.3 Å². The molecule has 0 N–H and O–H groups in total. The zero-order valence-electron chi connectivity index (χ0n) is 9.13. The van der Waals surface area contributed by atoms with Gasteiger partial charge in [0, 0.05) is 21.1 Å². The molecule has 0 radical (unpaired) electrons. The molecule has 1 aliphatic rings. The minimum absolute atomic E-state index is 0.0701. The largest absolute Gasteiger partial charge is 0.337 e. The van der Waals surface area contributed by atoms with Gasteiger partial charge in [-0.15, -0.1) is 11.6 Å². The minimum Gasteiger partial charge on any atom is -0.337 e. The summed E-state index contributed by atoms with van der Waals surface area (Å²) in [6, 6.07) is 5.80. The number of piperidine rings is 1. The summed E-state index contributed by atoms with van der Waals surface area (Å²) in [5.74, 6) is 0.0701. The third-order valence-electron chi connectivity index (χ3n) is 2.81. The number of carbonyl (C=O) groups is 1. The van der Waals surface area contributed by atoms with Crippen LogP contribution in [0.1, 0.15) is 23.2 Å². The molecular weight excluding hydrogens is 416 g/mol. The lowest BCUT2D eigenvalue weighted by Crippen LogP contribution is -2.40. The van der Waals surface area contributed by atoms with Gasteiger partial charge in [-0.25, -0.2) is 0 Å². The lowest BCUT2D eigenvalue weighted by atomic mass is 10.1. The molecule has 1 atom stereocenters. The standard InChI is InChI=1S/C12H12BrClINO/c13-11-4-3-9(15)6-10(11)12(17)16-5-1-2-8(14)7-16/h3-4,6,8H,1-2,5,7H2. The van der Waals surface area contributed by atoms with Gasteiger partial charge in [-0.1, -0.05) is 0 Å². The van der Waals surface area contributed by atoms with E-state index >= 15 is 0 Å². The number of alkyl halides is 1. The van der Waals surface area contributed by atoms with Crippen LogP contribution in [0.5, 0.6) is 0 Å². The summed E-state index contributed by atoms with van der Waals surface area (Å²) in [7, 11) is 0. The van der Waals surface area contributed by atoms with Gasteiger partial charge in [0.2, 0.25) is 0 Å². The van der Waals surface area contributed by atoms with Gasteiger partial charge < -0.3 is 4.90 Å². The van der Waals surface area contributed by atoms with Crippen molar-refractivity contribution in [2.24, 2.45) is 0 Å². The van der Waals surface area contributed by atoms with E-state index in [2.05, 4.69) is 38.5 Å². The summed E-state index contributed by atoms with van der Waals surface area (Å²) in [5.41, 5.74) is 0.725. The molecule has 1 unspecified atom stereocenters. The second kappa shape index (κ2) is 5.89. The molecule has 1 amide bonds. The molecule has 1 aromatic carbocycles. The maximum Gasteiger partial charge on any atom is 0.255 e. The lowest BCUT2D eigenvalue weighted by molar-refractivity contribution is 0.0726. The summed E-state index contributed by atoms with van der Waals surface area (Å²) >= 11 is 11.7. The molecular formula is C12H12BrClINO. The first-order valence-electron chi connectivity index (χ1n) is 5.46. The Morgan fingerprint density at radius 3 is 3.00 bits per heavy atom. The topological polar surface area (TPSA) is 20.3 Å². The number of amides is 1. The molecule has 17 heavy (non-hydrogen) atoms. The van der Waals surface area contributed by atoms with E-state index in [4.69, 9.17) is 11.6 Å². The third-order valence-corrected chi connectivity index (χ3v) is 4.53. The smallest absolute Gasteiger partial charge is 0.255 e. The number of rotatable bonds is 1. The Labute approximate surface area is 128 Å². The van der Waals surface area contributed by atoms with Crippen LogP contribution in [0.2, 0.25) is 0 Å². The van der Waals surface area contributed by atoms with Crippen molar-refractivity contribution in [2.45, 2.75) is 18.2 Å². The molecule has 1 heterocycles. The van der Waals surface area contributed by atoms with Gasteiger partial charge in [0.25, 0.3) is 5.91 Å². The van der Waals surface area contributed by atoms with Crippen LogP contribution >= 0.6 is 50.1 Å². The number of nitrogens with zero attached hydrogens (tertiary/aromatic N) is 1. The third kappa shape index (κ3) is 3.35. The average Bonchev–Trinajstić information content (AvgIpc) is 2.31. The molecule has 0 spiro atoms. The second-order valence-electron chi connectivity index (χ2n) is 4.11. The van der Waals surface area contributed by atoms with Crippen molar-refractivity contribution < 1.29 is 4.79 Å². The Balaban J connectivity index is 2.21. The van der Waals surface area contributed by atoms with Crippen molar-refractivity contribution >= 4 is 56.0 Å². The fourth-order valence-electron chi connectivity index (χ4n) is 1.94. The van der Waals surface area contributed by atoms with Gasteiger partial charge >= 0.3 is 0 Å². The first-order valence-corrected chi connectivity index (χ1v) is 7.77. The fourth-order valence-corrected chi connectivity index (χ4v) is 3.17. The van der Waals surface area contributed by atoms with E-state index in [0.29, 0.717) is 6.54 Å². The number of benzene rings is 1. The second-order valence-corrected chi connectivity index (χ2v) is 6.83. The zero-order chi connectivity index (χ0) is 12.4. The van der Waals surface area contributed by atoms with Crippen molar-refractivity contribution in [1.29, 1.82) is 0 Å². The Morgan fingerprint density at radius 2 is 2.29 bits per heavy atom. The summed E-state index contributed by atoms with van der Waals surface area (Å²) in [6.07, 6.45) is 1.99. The molecule has 1 saturated heterocycles. The average molecular weight is 428 g/mol. The van der Waals surface area contributed by atoms with Gasteiger partial charge in [0.1, 0.15) is 0 Å². The highest BCUT2D eigenvalue weighted by atomic mass is 127. The van der Waals surface area contributed by atoms with Gasteiger partial charge in [-0.2, -0.15) is 0 Å². The maximum atomic E-state index is 12.4. The minimum atomic E-state index is 0.0701. The molecule has 92 valence electrons. The highest BCUT2D eigenvalue weighted by Crippen LogP contribution is 2.23. The van der Waals surface area contributed by atoms with E-state index in [1.165, 1.54) is 0 Å². The predicted octanol–water partition coefficient (Wildman–Crippen LogP) is 3.90. The van der Waals surface area contributed by atoms with Crippen molar-refractivity contribution in [1.82, 2.24) is 4.90 Å². The van der Waals surface area contributed by atoms with Crippen molar-refractivity contribution in [2.75, 3.05) is 13.1 Å². The van der Waals surface area contributed by atoms with E-state index in [1.54, 1.807) is 0 Å². The highest BCUT2D eigenvalue weighted by molar-refractivity contribution is 14.1. The van der Waals surface area contributed by atoms with Crippen molar-refractivity contribution in [3.63, 3.8) is 0 Å². The lowest BCUT2D eigenvalue weighted by Gasteiger charge is -2.30. The van der Waals surface area contributed by atoms with E-state index in [9.17, 15) is 4.79 Å². The van der Waals surface area contributed by atoms with Gasteiger partial charge in [0.05, 0.1) is 10.9 Å². The monoisotopic (exact) mass is 427 g/mol. The number of carbonyl (C=O) groups excluding carboxylic acids is 1. The highest BCUT2D eigenvalue weighted by Gasteiger charge is 2.24. The summed E-state index contributed by atoms with van der Waals surface area (Å²) in [5, 5.41) is 0.0919. The van der Waals surface area contributed by atoms with Crippen LogP contribution in [0.25, 0.3) is 0 Å². The van der Waals surface area contributed by atoms with Gasteiger partial charge in [0.15, 0.2) is 0 Å². The number of hydrogen-bond donors (Lipinski definition) is 0. The molecule has 1 fully saturated rings. The van der Waals surface area contributed by atoms with Gasteiger partial charge in [-0.05, 0) is 69.6 Å². The van der Waals surface area contributed by atoms with E-state index in [0.717, 1.165) is 33.0 Å². The number of hydrogen-bond acceptors (Lipinski definition) is 1. The van der Waals surface area contributed by atoms with Gasteiger partial charge in [-0.3, -0.25) is 4.79 Å². The molecule has 1 aliphatic heterocycles. The zero-order valence-corrected chi connectivity index (χ0v) is 13.6. The summed E-state index contributed by atoms with van der Waals surface area (Å²) in [6.45, 7) is 1.46. The van der Waals surface area contributed by atoms with Crippen LogP contribution in [0, 0.1) is 3.57 Å². The number of likely N-dealkylation sites (tertiary alicyclic amines) is 1. The molecule has 0 aromatic heterocycles. The Hall–Kier alpha value is 0.190. The van der Waals surface area contributed by atoms with Crippen LogP contribution in [0.3, 0.4) is 0 Å². The normalized spacial score (nSPS) is 20.4. The molecule has 0 aliphatic carbocycles. The first-order chi connectivity index (χ1) is 8.08. The fraction of sp³-hybridized carbons (Fsp3) is 0.417. The van der Waals surface area contributed by atoms with Crippen LogP contribution in [-0.2, 0) is 0 Å². The molecule has 2 rings (SSSR count). The maximum absolute atomic E-state index is 12.4. The Morgan fingerprint density at radius 1 is 1.53 bits per heavy atom. The van der Waals surface area contributed by atoms with E-state index < -0.39 is 0 Å². The summed E-state index contributed by atoms with van der Waals surface area (Å²) < 4.78 is 1.91. The quantitative estimate of drug-likeness (QED) is 0.491. The molecule has 0 bridgehead atoms. The van der Waals surface area contributed by atoms with E-state index in [1.807, 2.05) is 23.1 Å². The molecule has 5 heteroatoms. The van der Waals surface area contributed by atoms with Crippen LogP contribution in [0.15, 0.2) is 22.7 Å². The molecule has 2 nitrogen and oxygen atoms in total. The van der Waals surface area contributed by atoms with Crippen molar-refractivity contribution in [3.05, 3.63) is 31.8 Å². The van der Waals surface area contributed by atoms with Crippen molar-refractivity contribution in [3.8, 4) is 0 Å². The number of halogens is 3. The Kier molecular flexibility index (Phi) is 4.72. The first kappa shape index (κ1) is 13.6. The Bertz CT molecular complexity index is 441.